The number of hydrogen-bond donors (Lipinski definition) is 1. The number of halogens is 3. The lowest BCUT2D eigenvalue weighted by atomic mass is 10.0. The number of likely N-dealkylation sites (tertiary alicyclic amines) is 1. The second kappa shape index (κ2) is 10.2. The third kappa shape index (κ3) is 5.72. The minimum atomic E-state index is -4.89. The van der Waals surface area contributed by atoms with Gasteiger partial charge in [-0.1, -0.05) is 0 Å². The van der Waals surface area contributed by atoms with Gasteiger partial charge in [0.15, 0.2) is 11.3 Å². The molecular weight excluding hydrogens is 469 g/mol. The van der Waals surface area contributed by atoms with E-state index in [4.69, 9.17) is 9.47 Å². The van der Waals surface area contributed by atoms with Gasteiger partial charge in [-0.3, -0.25) is 9.59 Å². The van der Waals surface area contributed by atoms with Gasteiger partial charge in [0.25, 0.3) is 11.5 Å². The number of nitrogens with zero attached hydrogens (tertiary/aromatic N) is 5. The number of carbonyl (C=O) groups excluding carboxylic acids is 1. The van der Waals surface area contributed by atoms with Crippen molar-refractivity contribution in [1.29, 1.82) is 0 Å². The summed E-state index contributed by atoms with van der Waals surface area (Å²) in [7, 11) is 0. The maximum Gasteiger partial charge on any atom is 0.425 e. The van der Waals surface area contributed by atoms with Gasteiger partial charge in [0, 0.05) is 44.5 Å². The number of anilines is 1. The highest BCUT2D eigenvalue weighted by atomic mass is 19.4. The topological polar surface area (TPSA) is 114 Å². The van der Waals surface area contributed by atoms with E-state index in [0.29, 0.717) is 18.9 Å². The van der Waals surface area contributed by atoms with E-state index in [-0.39, 0.29) is 18.6 Å². The van der Waals surface area contributed by atoms with Crippen LogP contribution >= 0.6 is 0 Å². The van der Waals surface area contributed by atoms with Gasteiger partial charge in [0.05, 0.1) is 12.8 Å². The summed E-state index contributed by atoms with van der Waals surface area (Å²) in [5.41, 5.74) is -1.85. The maximum atomic E-state index is 13.2. The lowest BCUT2D eigenvalue weighted by molar-refractivity contribution is -0.141. The predicted molar refractivity (Wildman–Crippen MR) is 118 cm³/mol. The summed E-state index contributed by atoms with van der Waals surface area (Å²) >= 11 is 0. The standard InChI is InChI=1S/C22H27F3N6O4/c1-13-9-26-21(27-10-13)30-6-3-15(4-7-30)31-8-5-16(20(31)33)34-12-14(2)35-17-11-28-29-19(32)18(17)22(23,24)25/h9-11,14-16H,3-8,12H2,1-2H3,(H,29,32)/t14-,16?/m0/s1. The van der Waals surface area contributed by atoms with Gasteiger partial charge in [-0.25, -0.2) is 15.1 Å². The zero-order chi connectivity index (χ0) is 25.2. The Morgan fingerprint density at radius 3 is 2.46 bits per heavy atom. The predicted octanol–water partition coefficient (Wildman–Crippen LogP) is 1.94. The smallest absolute Gasteiger partial charge is 0.425 e. The normalized spacial score (nSPS) is 20.4. The van der Waals surface area contributed by atoms with E-state index in [1.807, 2.05) is 11.8 Å². The summed E-state index contributed by atoms with van der Waals surface area (Å²) in [6.07, 6.45) is 0.0108. The van der Waals surface area contributed by atoms with Crippen LogP contribution in [0.4, 0.5) is 19.1 Å². The van der Waals surface area contributed by atoms with Crippen LogP contribution in [0.3, 0.4) is 0 Å². The number of nitrogens with one attached hydrogen (secondary N) is 1. The number of piperidine rings is 1. The van der Waals surface area contributed by atoms with Crippen LogP contribution in [0, 0.1) is 6.92 Å². The first-order chi connectivity index (χ1) is 16.6. The summed E-state index contributed by atoms with van der Waals surface area (Å²) in [6, 6.07) is 0.0860. The number of amides is 1. The minimum absolute atomic E-state index is 0.0860. The molecule has 1 amide bonds. The first kappa shape index (κ1) is 24.9. The number of ether oxygens (including phenoxy) is 2. The highest BCUT2D eigenvalue weighted by Crippen LogP contribution is 2.33. The maximum absolute atomic E-state index is 13.2. The summed E-state index contributed by atoms with van der Waals surface area (Å²) in [4.78, 5) is 37.1. The lowest BCUT2D eigenvalue weighted by Crippen LogP contribution is -2.47. The van der Waals surface area contributed by atoms with Gasteiger partial charge in [0.1, 0.15) is 12.2 Å². The first-order valence-electron chi connectivity index (χ1n) is 11.4. The van der Waals surface area contributed by atoms with E-state index in [1.54, 1.807) is 17.5 Å². The molecule has 35 heavy (non-hydrogen) atoms. The molecule has 0 aliphatic carbocycles. The van der Waals surface area contributed by atoms with Gasteiger partial charge in [-0.05, 0) is 32.3 Å². The van der Waals surface area contributed by atoms with E-state index >= 15 is 0 Å². The van der Waals surface area contributed by atoms with Crippen LogP contribution in [0.5, 0.6) is 5.75 Å². The molecule has 4 rings (SSSR count). The molecule has 1 N–H and O–H groups in total. The molecule has 0 aromatic carbocycles. The third-order valence-corrected chi connectivity index (χ3v) is 6.11. The van der Waals surface area contributed by atoms with Crippen LogP contribution in [0.2, 0.25) is 0 Å². The Morgan fingerprint density at radius 1 is 1.11 bits per heavy atom. The number of alkyl halides is 3. The van der Waals surface area contributed by atoms with E-state index in [1.165, 1.54) is 6.92 Å². The van der Waals surface area contributed by atoms with Crippen LogP contribution in [0.1, 0.15) is 37.3 Å². The van der Waals surface area contributed by atoms with Gasteiger partial charge in [-0.15, -0.1) is 0 Å². The average molecular weight is 496 g/mol. The zero-order valence-electron chi connectivity index (χ0n) is 19.4. The van der Waals surface area contributed by atoms with Crippen LogP contribution < -0.4 is 15.2 Å². The Morgan fingerprint density at radius 2 is 1.80 bits per heavy atom. The molecule has 0 radical (unpaired) electrons. The number of aryl methyl sites for hydroxylation is 1. The highest BCUT2D eigenvalue weighted by molar-refractivity contribution is 5.83. The second-order valence-electron chi connectivity index (χ2n) is 8.79. The van der Waals surface area contributed by atoms with Crippen molar-refractivity contribution in [1.82, 2.24) is 25.1 Å². The van der Waals surface area contributed by atoms with Crippen molar-refractivity contribution >= 4 is 11.9 Å². The van der Waals surface area contributed by atoms with Crippen molar-refractivity contribution < 1.29 is 27.4 Å². The van der Waals surface area contributed by atoms with E-state index in [0.717, 1.165) is 37.7 Å². The fraction of sp³-hybridized carbons (Fsp3) is 0.591. The number of carbonyl (C=O) groups is 1. The lowest BCUT2D eigenvalue weighted by Gasteiger charge is -2.36. The van der Waals surface area contributed by atoms with E-state index in [9.17, 15) is 22.8 Å². The molecule has 1 unspecified atom stereocenters. The van der Waals surface area contributed by atoms with Crippen molar-refractivity contribution in [2.24, 2.45) is 0 Å². The Hall–Kier alpha value is -3.22. The SMILES string of the molecule is Cc1cnc(N2CCC(N3CCC(OC[C@H](C)Oc4cn[nH]c(=O)c4C(F)(F)F)C3=O)CC2)nc1. The Bertz CT molecular complexity index is 1090. The molecule has 190 valence electrons. The summed E-state index contributed by atoms with van der Waals surface area (Å²) in [5, 5.41) is 5.13. The van der Waals surface area contributed by atoms with Crippen LogP contribution in [-0.2, 0) is 15.7 Å². The molecule has 4 heterocycles. The molecule has 0 bridgehead atoms. The van der Waals surface area contributed by atoms with Gasteiger partial charge in [0.2, 0.25) is 5.95 Å². The molecule has 0 saturated carbocycles. The van der Waals surface area contributed by atoms with E-state index < -0.39 is 35.3 Å². The monoisotopic (exact) mass is 496 g/mol. The minimum Gasteiger partial charge on any atom is -0.486 e. The van der Waals surface area contributed by atoms with E-state index in [2.05, 4.69) is 20.0 Å². The van der Waals surface area contributed by atoms with Crippen molar-refractivity contribution in [2.75, 3.05) is 31.1 Å². The summed E-state index contributed by atoms with van der Waals surface area (Å²) in [5.74, 6) is -0.127. The van der Waals surface area contributed by atoms with Gasteiger partial charge < -0.3 is 19.3 Å². The summed E-state index contributed by atoms with van der Waals surface area (Å²) in [6.45, 7) is 5.35. The molecule has 2 aliphatic heterocycles. The van der Waals surface area contributed by atoms with Crippen molar-refractivity contribution in [3.63, 3.8) is 0 Å². The van der Waals surface area contributed by atoms with Crippen molar-refractivity contribution in [2.45, 2.75) is 57.5 Å². The molecule has 10 nitrogen and oxygen atoms in total. The average Bonchev–Trinajstić information content (AvgIpc) is 3.18. The molecule has 13 heteroatoms. The first-order valence-corrected chi connectivity index (χ1v) is 11.4. The fourth-order valence-electron chi connectivity index (χ4n) is 4.36. The molecule has 2 atom stereocenters. The molecule has 0 spiro atoms. The van der Waals surface area contributed by atoms with Gasteiger partial charge >= 0.3 is 6.18 Å². The molecule has 2 aromatic heterocycles. The summed E-state index contributed by atoms with van der Waals surface area (Å²) < 4.78 is 50.5. The number of rotatable bonds is 7. The molecule has 2 aliphatic rings. The Labute approximate surface area is 199 Å². The molecule has 2 aromatic rings. The van der Waals surface area contributed by atoms with Crippen LogP contribution in [0.25, 0.3) is 0 Å². The second-order valence-corrected chi connectivity index (χ2v) is 8.79. The third-order valence-electron chi connectivity index (χ3n) is 6.11. The van der Waals surface area contributed by atoms with Crippen molar-refractivity contribution in [3.8, 4) is 5.75 Å². The quantitative estimate of drug-likeness (QED) is 0.619. The fourth-order valence-corrected chi connectivity index (χ4v) is 4.36. The Kier molecular flexibility index (Phi) is 7.24. The van der Waals surface area contributed by atoms with Crippen molar-refractivity contribution in [3.05, 3.63) is 40.1 Å². The van der Waals surface area contributed by atoms with Gasteiger partial charge in [-0.2, -0.15) is 18.3 Å². The number of aromatic nitrogens is 4. The Balaban J connectivity index is 1.27. The largest absolute Gasteiger partial charge is 0.486 e. The van der Waals surface area contributed by atoms with Crippen LogP contribution in [-0.4, -0.2) is 75.5 Å². The number of aromatic amines is 1. The number of hydrogen-bond acceptors (Lipinski definition) is 8. The molecule has 2 fully saturated rings. The highest BCUT2D eigenvalue weighted by Gasteiger charge is 2.40. The number of H-pyrrole nitrogens is 1. The molecular formula is C22H27F3N6O4. The zero-order valence-corrected chi connectivity index (χ0v) is 19.4. The molecule has 2 saturated heterocycles. The van der Waals surface area contributed by atoms with Crippen LogP contribution in [0.15, 0.2) is 23.4 Å².